The maximum atomic E-state index is 13.5. The highest BCUT2D eigenvalue weighted by Crippen LogP contribution is 2.20. The summed E-state index contributed by atoms with van der Waals surface area (Å²) in [4.78, 5) is 11.7. The van der Waals surface area contributed by atoms with Crippen molar-refractivity contribution >= 4 is 45.2 Å². The molecule has 0 saturated carbocycles. The molecule has 0 aliphatic carbocycles. The zero-order valence-corrected chi connectivity index (χ0v) is 12.9. The quantitative estimate of drug-likeness (QED) is 0.752. The molecule has 2 aromatic carbocycles. The number of nitrogens with one attached hydrogen (secondary N) is 1. The average molecular weight is 373 g/mol. The van der Waals surface area contributed by atoms with E-state index in [1.807, 2.05) is 0 Å². The van der Waals surface area contributed by atoms with E-state index in [0.717, 1.165) is 6.07 Å². The highest BCUT2D eigenvalue weighted by atomic mass is 79.9. The Labute approximate surface area is 133 Å². The molecule has 2 nitrogen and oxygen atoms in total. The topological polar surface area (TPSA) is 29.1 Å². The third-order valence-corrected chi connectivity index (χ3v) is 3.34. The fourth-order valence-electron chi connectivity index (χ4n) is 1.57. The van der Waals surface area contributed by atoms with Crippen molar-refractivity contribution in [1.82, 2.24) is 0 Å². The summed E-state index contributed by atoms with van der Waals surface area (Å²) in [6.45, 7) is 0. The molecule has 0 heterocycles. The van der Waals surface area contributed by atoms with Crippen LogP contribution >= 0.6 is 27.5 Å². The van der Waals surface area contributed by atoms with E-state index < -0.39 is 17.5 Å². The molecule has 0 aliphatic heterocycles. The van der Waals surface area contributed by atoms with Crippen molar-refractivity contribution in [1.29, 1.82) is 0 Å². The first-order chi connectivity index (χ1) is 9.95. The highest BCUT2D eigenvalue weighted by molar-refractivity contribution is 9.10. The van der Waals surface area contributed by atoms with Crippen LogP contribution in [0.1, 0.15) is 5.56 Å². The molecule has 21 heavy (non-hydrogen) atoms. The number of hydrogen-bond acceptors (Lipinski definition) is 1. The van der Waals surface area contributed by atoms with Crippen molar-refractivity contribution in [2.45, 2.75) is 0 Å². The Hall–Kier alpha value is -1.72. The predicted octanol–water partition coefficient (Wildman–Crippen LogP) is 5.03. The fraction of sp³-hybridized carbons (Fsp3) is 0. The van der Waals surface area contributed by atoms with Gasteiger partial charge in [0, 0.05) is 21.8 Å². The van der Waals surface area contributed by atoms with Gasteiger partial charge in [-0.2, -0.15) is 0 Å². The molecule has 0 atom stereocenters. The number of benzene rings is 2. The zero-order valence-electron chi connectivity index (χ0n) is 10.5. The summed E-state index contributed by atoms with van der Waals surface area (Å²) >= 11 is 8.83. The third-order valence-electron chi connectivity index (χ3n) is 2.56. The zero-order chi connectivity index (χ0) is 15.4. The average Bonchev–Trinajstić information content (AvgIpc) is 2.44. The Morgan fingerprint density at radius 2 is 1.86 bits per heavy atom. The van der Waals surface area contributed by atoms with Gasteiger partial charge >= 0.3 is 0 Å². The number of amides is 1. The van der Waals surface area contributed by atoms with E-state index in [1.54, 1.807) is 12.1 Å². The Bertz CT molecular complexity index is 719. The minimum absolute atomic E-state index is 0.0881. The number of anilines is 1. The first kappa shape index (κ1) is 15.7. The van der Waals surface area contributed by atoms with Crippen LogP contribution in [0.5, 0.6) is 0 Å². The molecule has 1 N–H and O–H groups in total. The summed E-state index contributed by atoms with van der Waals surface area (Å²) in [6, 6.07) is 8.23. The molecule has 1 amide bonds. The molecule has 0 saturated heterocycles. The summed E-state index contributed by atoms with van der Waals surface area (Å²) in [6.07, 6.45) is 2.53. The summed E-state index contributed by atoms with van der Waals surface area (Å²) in [7, 11) is 0. The van der Waals surface area contributed by atoms with Crippen LogP contribution in [-0.4, -0.2) is 5.91 Å². The van der Waals surface area contributed by atoms with Gasteiger partial charge in [-0.25, -0.2) is 8.78 Å². The molecule has 2 rings (SSSR count). The van der Waals surface area contributed by atoms with E-state index in [0.29, 0.717) is 10.2 Å². The van der Waals surface area contributed by atoms with Crippen LogP contribution in [0.2, 0.25) is 5.02 Å². The summed E-state index contributed by atoms with van der Waals surface area (Å²) in [5, 5.41) is 2.42. The number of hydrogen-bond donors (Lipinski definition) is 1. The molecule has 0 aromatic heterocycles. The monoisotopic (exact) mass is 371 g/mol. The summed E-state index contributed by atoms with van der Waals surface area (Å²) in [5.74, 6) is -1.48. The van der Waals surface area contributed by atoms with Gasteiger partial charge in [0.2, 0.25) is 5.91 Å². The first-order valence-electron chi connectivity index (χ1n) is 5.85. The van der Waals surface area contributed by atoms with Gasteiger partial charge in [-0.15, -0.1) is 0 Å². The standard InChI is InChI=1S/C15H9BrClF2NO/c16-10-2-4-13(18)9(7-10)1-6-15(21)20-11-3-5-14(19)12(17)8-11/h1-8H,(H,20,21)/b6-1+. The van der Waals surface area contributed by atoms with Gasteiger partial charge < -0.3 is 5.32 Å². The van der Waals surface area contributed by atoms with Crippen LogP contribution in [0, 0.1) is 11.6 Å². The Morgan fingerprint density at radius 1 is 1.14 bits per heavy atom. The SMILES string of the molecule is O=C(/C=C/c1cc(Br)ccc1F)Nc1ccc(F)c(Cl)c1. The molecule has 2 aromatic rings. The van der Waals surface area contributed by atoms with Gasteiger partial charge in [0.1, 0.15) is 11.6 Å². The van der Waals surface area contributed by atoms with Crippen LogP contribution < -0.4 is 5.32 Å². The van der Waals surface area contributed by atoms with Crippen LogP contribution in [0.4, 0.5) is 14.5 Å². The molecule has 0 fully saturated rings. The second-order valence-electron chi connectivity index (χ2n) is 4.12. The Morgan fingerprint density at radius 3 is 2.57 bits per heavy atom. The molecular weight excluding hydrogens is 364 g/mol. The Balaban J connectivity index is 2.09. The van der Waals surface area contributed by atoms with Gasteiger partial charge in [-0.1, -0.05) is 27.5 Å². The molecule has 108 valence electrons. The van der Waals surface area contributed by atoms with Crippen molar-refractivity contribution in [3.63, 3.8) is 0 Å². The minimum Gasteiger partial charge on any atom is -0.322 e. The van der Waals surface area contributed by atoms with Crippen LogP contribution in [-0.2, 0) is 4.79 Å². The summed E-state index contributed by atoms with van der Waals surface area (Å²) < 4.78 is 27.2. The second kappa shape index (κ2) is 6.83. The van der Waals surface area contributed by atoms with Gasteiger partial charge in [0.05, 0.1) is 5.02 Å². The summed E-state index contributed by atoms with van der Waals surface area (Å²) in [5.41, 5.74) is 0.627. The predicted molar refractivity (Wildman–Crippen MR) is 83.2 cm³/mol. The van der Waals surface area contributed by atoms with Crippen molar-refractivity contribution in [2.75, 3.05) is 5.32 Å². The number of carbonyl (C=O) groups is 1. The molecule has 0 unspecified atom stereocenters. The second-order valence-corrected chi connectivity index (χ2v) is 5.44. The number of carbonyl (C=O) groups excluding carboxylic acids is 1. The van der Waals surface area contributed by atoms with Gasteiger partial charge in [-0.3, -0.25) is 4.79 Å². The molecule has 0 radical (unpaired) electrons. The van der Waals surface area contributed by atoms with E-state index >= 15 is 0 Å². The van der Waals surface area contributed by atoms with Gasteiger partial charge in [0.25, 0.3) is 0 Å². The number of rotatable bonds is 3. The largest absolute Gasteiger partial charge is 0.322 e. The van der Waals surface area contributed by atoms with Crippen molar-refractivity contribution < 1.29 is 13.6 Å². The van der Waals surface area contributed by atoms with E-state index in [4.69, 9.17) is 11.6 Å². The lowest BCUT2D eigenvalue weighted by atomic mass is 10.2. The van der Waals surface area contributed by atoms with Gasteiger partial charge in [-0.05, 0) is 42.5 Å². The minimum atomic E-state index is -0.568. The highest BCUT2D eigenvalue weighted by Gasteiger charge is 2.04. The van der Waals surface area contributed by atoms with E-state index in [2.05, 4.69) is 21.2 Å². The lowest BCUT2D eigenvalue weighted by molar-refractivity contribution is -0.111. The molecule has 0 bridgehead atoms. The number of halogens is 4. The smallest absolute Gasteiger partial charge is 0.248 e. The van der Waals surface area contributed by atoms with Crippen molar-refractivity contribution in [3.8, 4) is 0 Å². The van der Waals surface area contributed by atoms with Gasteiger partial charge in [0.15, 0.2) is 0 Å². The molecule has 0 spiro atoms. The maximum Gasteiger partial charge on any atom is 0.248 e. The normalized spacial score (nSPS) is 10.9. The molecular formula is C15H9BrClF2NO. The fourth-order valence-corrected chi connectivity index (χ4v) is 2.12. The van der Waals surface area contributed by atoms with Crippen molar-refractivity contribution in [2.24, 2.45) is 0 Å². The van der Waals surface area contributed by atoms with E-state index in [9.17, 15) is 13.6 Å². The lowest BCUT2D eigenvalue weighted by Crippen LogP contribution is -2.07. The van der Waals surface area contributed by atoms with Crippen LogP contribution in [0.15, 0.2) is 46.9 Å². The van der Waals surface area contributed by atoms with Crippen LogP contribution in [0.3, 0.4) is 0 Å². The maximum absolute atomic E-state index is 13.5. The third kappa shape index (κ3) is 4.37. The first-order valence-corrected chi connectivity index (χ1v) is 7.02. The molecule has 0 aliphatic rings. The lowest BCUT2D eigenvalue weighted by Gasteiger charge is -2.03. The van der Waals surface area contributed by atoms with E-state index in [-0.39, 0.29) is 10.6 Å². The van der Waals surface area contributed by atoms with Crippen LogP contribution in [0.25, 0.3) is 6.08 Å². The van der Waals surface area contributed by atoms with E-state index in [1.165, 1.54) is 30.4 Å². The molecule has 6 heteroatoms. The van der Waals surface area contributed by atoms with Crippen molar-refractivity contribution in [3.05, 3.63) is 69.2 Å². The Kier molecular flexibility index (Phi) is 5.09.